The lowest BCUT2D eigenvalue weighted by molar-refractivity contribution is -0.136. The van der Waals surface area contributed by atoms with Crippen molar-refractivity contribution in [3.63, 3.8) is 0 Å². The van der Waals surface area contributed by atoms with Crippen LogP contribution in [0.5, 0.6) is 0 Å². The minimum atomic E-state index is -0.408. The molecule has 1 fully saturated rings. The van der Waals surface area contributed by atoms with Crippen LogP contribution in [-0.4, -0.2) is 51.1 Å². The molecule has 1 aromatic heterocycles. The molecule has 144 valence electrons. The highest BCUT2D eigenvalue weighted by Gasteiger charge is 2.35. The van der Waals surface area contributed by atoms with Gasteiger partial charge in [0, 0.05) is 50.4 Å². The first-order chi connectivity index (χ1) is 12.6. The van der Waals surface area contributed by atoms with Gasteiger partial charge in [0.1, 0.15) is 11.9 Å². The van der Waals surface area contributed by atoms with E-state index >= 15 is 0 Å². The molecule has 0 saturated carbocycles. The third-order valence-corrected chi connectivity index (χ3v) is 6.06. The van der Waals surface area contributed by atoms with Crippen LogP contribution in [0.4, 0.5) is 5.69 Å². The molecule has 4 rings (SSSR count). The van der Waals surface area contributed by atoms with Crippen molar-refractivity contribution in [3.05, 3.63) is 42.5 Å². The molecule has 2 aliphatic rings. The first-order valence-corrected chi connectivity index (χ1v) is 9.55. The SMILES string of the molecule is Cl.Cn1ccnc1C1CNCCN1C(=O)CC1Sc2ccccc2NC1=O. The Bertz CT molecular complexity index is 843. The Hall–Kier alpha value is -2.03. The third kappa shape index (κ3) is 3.97. The average Bonchev–Trinajstić information content (AvgIpc) is 3.08. The van der Waals surface area contributed by atoms with E-state index in [1.54, 1.807) is 6.20 Å². The summed E-state index contributed by atoms with van der Waals surface area (Å²) in [5, 5.41) is 5.83. The maximum Gasteiger partial charge on any atom is 0.238 e. The quantitative estimate of drug-likeness (QED) is 0.811. The second-order valence-corrected chi connectivity index (χ2v) is 7.74. The zero-order chi connectivity index (χ0) is 18.1. The molecule has 2 atom stereocenters. The summed E-state index contributed by atoms with van der Waals surface area (Å²) < 4.78 is 1.94. The third-order valence-electron chi connectivity index (χ3n) is 4.79. The number of fused-ring (bicyclic) bond motifs is 1. The van der Waals surface area contributed by atoms with E-state index < -0.39 is 5.25 Å². The number of aryl methyl sites for hydroxylation is 1. The molecule has 2 aliphatic heterocycles. The lowest BCUT2D eigenvalue weighted by Gasteiger charge is -2.36. The van der Waals surface area contributed by atoms with Crippen molar-refractivity contribution in [2.45, 2.75) is 22.6 Å². The number of halogens is 1. The second kappa shape index (κ2) is 8.33. The van der Waals surface area contributed by atoms with E-state index in [2.05, 4.69) is 15.6 Å². The summed E-state index contributed by atoms with van der Waals surface area (Å²) in [6.07, 6.45) is 3.81. The van der Waals surface area contributed by atoms with Crippen LogP contribution in [0, 0.1) is 0 Å². The minimum Gasteiger partial charge on any atom is -0.336 e. The Labute approximate surface area is 168 Å². The number of piperazine rings is 1. The molecular formula is C18H22ClN5O2S. The Morgan fingerprint density at radius 3 is 2.96 bits per heavy atom. The number of hydrogen-bond donors (Lipinski definition) is 2. The van der Waals surface area contributed by atoms with Gasteiger partial charge in [-0.05, 0) is 12.1 Å². The maximum absolute atomic E-state index is 13.0. The Balaban J connectivity index is 0.00000210. The number of imidazole rings is 1. The Morgan fingerprint density at radius 1 is 1.37 bits per heavy atom. The van der Waals surface area contributed by atoms with Crippen molar-refractivity contribution in [1.82, 2.24) is 19.8 Å². The zero-order valence-electron chi connectivity index (χ0n) is 14.9. The number of carbonyl (C=O) groups excluding carboxylic acids is 2. The lowest BCUT2D eigenvalue weighted by Crippen LogP contribution is -2.50. The molecular weight excluding hydrogens is 386 g/mol. The van der Waals surface area contributed by atoms with Crippen molar-refractivity contribution in [1.29, 1.82) is 0 Å². The monoisotopic (exact) mass is 407 g/mol. The second-order valence-electron chi connectivity index (χ2n) is 6.50. The van der Waals surface area contributed by atoms with Crippen LogP contribution in [0.1, 0.15) is 18.3 Å². The highest BCUT2D eigenvalue weighted by atomic mass is 35.5. The van der Waals surface area contributed by atoms with E-state index in [1.807, 2.05) is 47.0 Å². The predicted molar refractivity (Wildman–Crippen MR) is 107 cm³/mol. The first-order valence-electron chi connectivity index (χ1n) is 8.67. The van der Waals surface area contributed by atoms with E-state index in [-0.39, 0.29) is 36.7 Å². The number of hydrogen-bond acceptors (Lipinski definition) is 5. The van der Waals surface area contributed by atoms with Gasteiger partial charge >= 0.3 is 0 Å². The fraction of sp³-hybridized carbons (Fsp3) is 0.389. The molecule has 2 amide bonds. The topological polar surface area (TPSA) is 79.3 Å². The lowest BCUT2D eigenvalue weighted by atomic mass is 10.1. The standard InChI is InChI=1S/C18H21N5O2S.ClH/c1-22-8-7-20-17(22)13-11-19-6-9-23(13)16(24)10-15-18(25)21-12-4-2-3-5-14(12)26-15;/h2-5,7-8,13,15,19H,6,9-11H2,1H3,(H,21,25);1H. The summed E-state index contributed by atoms with van der Waals surface area (Å²) in [5.41, 5.74) is 0.819. The molecule has 9 heteroatoms. The number of amides is 2. The van der Waals surface area contributed by atoms with Gasteiger partial charge in [0.15, 0.2) is 0 Å². The normalized spacial score (nSPS) is 21.8. The fourth-order valence-electron chi connectivity index (χ4n) is 3.43. The van der Waals surface area contributed by atoms with Crippen LogP contribution < -0.4 is 10.6 Å². The van der Waals surface area contributed by atoms with Crippen LogP contribution >= 0.6 is 24.2 Å². The van der Waals surface area contributed by atoms with E-state index in [0.717, 1.165) is 23.0 Å². The maximum atomic E-state index is 13.0. The van der Waals surface area contributed by atoms with Crippen molar-refractivity contribution in [3.8, 4) is 0 Å². The largest absolute Gasteiger partial charge is 0.336 e. The molecule has 2 N–H and O–H groups in total. The molecule has 27 heavy (non-hydrogen) atoms. The van der Waals surface area contributed by atoms with Crippen molar-refractivity contribution < 1.29 is 9.59 Å². The average molecular weight is 408 g/mol. The molecule has 1 saturated heterocycles. The number of aromatic nitrogens is 2. The van der Waals surface area contributed by atoms with Gasteiger partial charge in [-0.1, -0.05) is 12.1 Å². The van der Waals surface area contributed by atoms with Gasteiger partial charge in [-0.3, -0.25) is 9.59 Å². The van der Waals surface area contributed by atoms with Crippen LogP contribution in [0.25, 0.3) is 0 Å². The zero-order valence-corrected chi connectivity index (χ0v) is 16.6. The summed E-state index contributed by atoms with van der Waals surface area (Å²) in [6, 6.07) is 7.57. The van der Waals surface area contributed by atoms with E-state index in [1.165, 1.54) is 11.8 Å². The molecule has 0 bridgehead atoms. The smallest absolute Gasteiger partial charge is 0.238 e. The molecule has 1 aromatic carbocycles. The summed E-state index contributed by atoms with van der Waals surface area (Å²) in [7, 11) is 1.93. The molecule has 0 radical (unpaired) electrons. The van der Waals surface area contributed by atoms with Gasteiger partial charge in [0.25, 0.3) is 0 Å². The number of nitrogens with zero attached hydrogens (tertiary/aromatic N) is 3. The minimum absolute atomic E-state index is 0. The predicted octanol–water partition coefficient (Wildman–Crippen LogP) is 1.82. The number of anilines is 1. The summed E-state index contributed by atoms with van der Waals surface area (Å²) in [4.78, 5) is 32.7. The fourth-order valence-corrected chi connectivity index (χ4v) is 4.54. The number of benzene rings is 1. The van der Waals surface area contributed by atoms with Gasteiger partial charge in [-0.25, -0.2) is 4.98 Å². The highest BCUT2D eigenvalue weighted by molar-refractivity contribution is 8.01. The van der Waals surface area contributed by atoms with Crippen molar-refractivity contribution >= 4 is 41.7 Å². The summed E-state index contributed by atoms with van der Waals surface area (Å²) >= 11 is 1.46. The number of para-hydroxylation sites is 1. The molecule has 2 unspecified atom stereocenters. The first kappa shape index (κ1) is 19.7. The molecule has 7 nitrogen and oxygen atoms in total. The van der Waals surface area contributed by atoms with Crippen molar-refractivity contribution in [2.24, 2.45) is 7.05 Å². The van der Waals surface area contributed by atoms with Gasteiger partial charge < -0.3 is 20.1 Å². The number of nitrogens with one attached hydrogen (secondary N) is 2. The van der Waals surface area contributed by atoms with Gasteiger partial charge in [-0.15, -0.1) is 24.2 Å². The van der Waals surface area contributed by atoms with Crippen LogP contribution in [0.15, 0.2) is 41.6 Å². The Kier molecular flexibility index (Phi) is 6.08. The summed E-state index contributed by atoms with van der Waals surface area (Å²) in [6.45, 7) is 2.04. The van der Waals surface area contributed by atoms with E-state index in [9.17, 15) is 9.59 Å². The van der Waals surface area contributed by atoms with Gasteiger partial charge in [-0.2, -0.15) is 0 Å². The van der Waals surface area contributed by atoms with Gasteiger partial charge in [0.2, 0.25) is 11.8 Å². The Morgan fingerprint density at radius 2 is 2.19 bits per heavy atom. The highest BCUT2D eigenvalue weighted by Crippen LogP contribution is 2.37. The van der Waals surface area contributed by atoms with E-state index in [0.29, 0.717) is 13.1 Å². The van der Waals surface area contributed by atoms with Crippen LogP contribution in [0.3, 0.4) is 0 Å². The number of rotatable bonds is 3. The van der Waals surface area contributed by atoms with Gasteiger partial charge in [0.05, 0.1) is 10.9 Å². The molecule has 3 heterocycles. The molecule has 0 spiro atoms. The number of carbonyl (C=O) groups is 2. The van der Waals surface area contributed by atoms with E-state index in [4.69, 9.17) is 0 Å². The van der Waals surface area contributed by atoms with Crippen molar-refractivity contribution in [2.75, 3.05) is 25.0 Å². The summed E-state index contributed by atoms with van der Waals surface area (Å²) in [5.74, 6) is 0.744. The number of thioether (sulfide) groups is 1. The van der Waals surface area contributed by atoms with Crippen LogP contribution in [-0.2, 0) is 16.6 Å². The molecule has 2 aromatic rings. The van der Waals surface area contributed by atoms with Crippen LogP contribution in [0.2, 0.25) is 0 Å². The molecule has 0 aliphatic carbocycles.